The second-order valence-corrected chi connectivity index (χ2v) is 13.3. The molecule has 0 spiro atoms. The first-order valence-corrected chi connectivity index (χ1v) is 16.1. The van der Waals surface area contributed by atoms with Crippen LogP contribution in [0.1, 0.15) is 97.9 Å². The van der Waals surface area contributed by atoms with Gasteiger partial charge in [-0.2, -0.15) is 0 Å². The van der Waals surface area contributed by atoms with Gasteiger partial charge in [0, 0.05) is 32.6 Å². The highest BCUT2D eigenvalue weighted by Crippen LogP contribution is 2.31. The molecule has 1 aromatic rings. The van der Waals surface area contributed by atoms with Crippen LogP contribution in [0.5, 0.6) is 5.75 Å². The highest BCUT2D eigenvalue weighted by molar-refractivity contribution is 5.97. The fourth-order valence-electron chi connectivity index (χ4n) is 5.04. The number of esters is 1. The second kappa shape index (κ2) is 19.6. The molecule has 0 saturated carbocycles. The lowest BCUT2D eigenvalue weighted by Crippen LogP contribution is -2.50. The third kappa shape index (κ3) is 13.9. The first-order valence-electron chi connectivity index (χ1n) is 16.1. The van der Waals surface area contributed by atoms with E-state index in [0.717, 1.165) is 12.8 Å². The molecule has 0 aliphatic rings. The largest absolute Gasteiger partial charge is 0.493 e. The number of carbonyl (C=O) groups excluding carboxylic acids is 3. The van der Waals surface area contributed by atoms with E-state index in [9.17, 15) is 19.5 Å². The monoisotopic (exact) mass is 621 g/mol. The van der Waals surface area contributed by atoms with E-state index in [1.54, 1.807) is 52.1 Å². The molecule has 0 aliphatic heterocycles. The Kier molecular flexibility index (Phi) is 17.6. The van der Waals surface area contributed by atoms with Gasteiger partial charge in [-0.15, -0.1) is 0 Å². The van der Waals surface area contributed by atoms with E-state index in [1.165, 1.54) is 0 Å². The molecule has 0 fully saturated rings. The van der Waals surface area contributed by atoms with Gasteiger partial charge >= 0.3 is 5.97 Å². The molecule has 0 radical (unpaired) electrons. The number of ether oxygens (including phenoxy) is 3. The molecular weight excluding hydrogens is 562 g/mol. The van der Waals surface area contributed by atoms with Gasteiger partial charge in [0.15, 0.2) is 0 Å². The summed E-state index contributed by atoms with van der Waals surface area (Å²) in [4.78, 5) is 39.9. The molecule has 0 aliphatic carbocycles. The van der Waals surface area contributed by atoms with E-state index in [-0.39, 0.29) is 30.6 Å². The zero-order valence-electron chi connectivity index (χ0n) is 28.5. The predicted molar refractivity (Wildman–Crippen MR) is 173 cm³/mol. The SMILES string of the molecule is CCCCNC(=O)[C@@H](C[C@H](O)[C@H](C[C@@H](C(C)C)C(N)NC(=O)c1ccccc1OCCCOC)C(=O)OC(C)(C)C)C(C)C. The lowest BCUT2D eigenvalue weighted by Gasteiger charge is -2.34. The third-order valence-corrected chi connectivity index (χ3v) is 7.66. The zero-order valence-corrected chi connectivity index (χ0v) is 28.5. The lowest BCUT2D eigenvalue weighted by molar-refractivity contribution is -0.166. The fourth-order valence-corrected chi connectivity index (χ4v) is 5.04. The van der Waals surface area contributed by atoms with Crippen LogP contribution in [0.15, 0.2) is 24.3 Å². The summed E-state index contributed by atoms with van der Waals surface area (Å²) in [5.41, 5.74) is 6.17. The molecule has 5 atom stereocenters. The molecule has 0 bridgehead atoms. The van der Waals surface area contributed by atoms with Gasteiger partial charge in [-0.3, -0.25) is 14.4 Å². The quantitative estimate of drug-likeness (QED) is 0.0932. The summed E-state index contributed by atoms with van der Waals surface area (Å²) in [6.07, 6.45) is 0.763. The van der Waals surface area contributed by atoms with Gasteiger partial charge in [0.25, 0.3) is 5.91 Å². The molecular formula is C34H59N3O7. The smallest absolute Gasteiger partial charge is 0.312 e. The number of aliphatic hydroxyl groups excluding tert-OH is 1. The summed E-state index contributed by atoms with van der Waals surface area (Å²) in [5.74, 6) is -2.59. The van der Waals surface area contributed by atoms with Crippen molar-refractivity contribution in [2.45, 2.75) is 105 Å². The second-order valence-electron chi connectivity index (χ2n) is 13.3. The van der Waals surface area contributed by atoms with Crippen molar-refractivity contribution in [1.82, 2.24) is 10.6 Å². The highest BCUT2D eigenvalue weighted by Gasteiger charge is 2.39. The number of unbranched alkanes of at least 4 members (excludes halogenated alkanes) is 1. The van der Waals surface area contributed by atoms with Crippen LogP contribution in [0.25, 0.3) is 0 Å². The topological polar surface area (TPSA) is 149 Å². The Labute approximate surface area is 265 Å². The van der Waals surface area contributed by atoms with Crippen LogP contribution in [0.2, 0.25) is 0 Å². The first kappa shape index (κ1) is 39.3. The van der Waals surface area contributed by atoms with Crippen LogP contribution in [-0.4, -0.2) is 67.6 Å². The number of methoxy groups -OCH3 is 1. The summed E-state index contributed by atoms with van der Waals surface area (Å²) in [6, 6.07) is 6.94. The molecule has 2 amide bonds. The maximum absolute atomic E-state index is 13.5. The average molecular weight is 622 g/mol. The van der Waals surface area contributed by atoms with Gasteiger partial charge in [-0.05, 0) is 69.9 Å². The van der Waals surface area contributed by atoms with Crippen LogP contribution in [0.4, 0.5) is 0 Å². The molecule has 0 heterocycles. The minimum Gasteiger partial charge on any atom is -0.493 e. The van der Waals surface area contributed by atoms with Crippen LogP contribution in [-0.2, 0) is 19.1 Å². The predicted octanol–water partition coefficient (Wildman–Crippen LogP) is 4.68. The number of nitrogens with one attached hydrogen (secondary N) is 2. The van der Waals surface area contributed by atoms with E-state index < -0.39 is 47.5 Å². The molecule has 252 valence electrons. The van der Waals surface area contributed by atoms with Crippen molar-refractivity contribution in [1.29, 1.82) is 0 Å². The van der Waals surface area contributed by atoms with Crippen molar-refractivity contribution in [3.8, 4) is 5.75 Å². The third-order valence-electron chi connectivity index (χ3n) is 7.66. The average Bonchev–Trinajstić information content (AvgIpc) is 2.93. The first-order chi connectivity index (χ1) is 20.6. The normalized spacial score (nSPS) is 15.3. The Balaban J connectivity index is 3.20. The summed E-state index contributed by atoms with van der Waals surface area (Å²) in [6.45, 7) is 16.6. The summed E-state index contributed by atoms with van der Waals surface area (Å²) < 4.78 is 16.6. The molecule has 0 saturated heterocycles. The highest BCUT2D eigenvalue weighted by atomic mass is 16.6. The van der Waals surface area contributed by atoms with E-state index >= 15 is 0 Å². The van der Waals surface area contributed by atoms with E-state index in [0.29, 0.717) is 37.5 Å². The number of hydrogen-bond acceptors (Lipinski definition) is 8. The number of amides is 2. The number of rotatable bonds is 20. The molecule has 1 unspecified atom stereocenters. The Morgan fingerprint density at radius 3 is 2.18 bits per heavy atom. The zero-order chi connectivity index (χ0) is 33.4. The van der Waals surface area contributed by atoms with Crippen molar-refractivity contribution in [2.75, 3.05) is 26.9 Å². The van der Waals surface area contributed by atoms with Gasteiger partial charge in [-0.1, -0.05) is 53.2 Å². The number of carbonyl (C=O) groups is 3. The van der Waals surface area contributed by atoms with E-state index in [1.807, 2.05) is 27.7 Å². The Morgan fingerprint density at radius 1 is 0.955 bits per heavy atom. The van der Waals surface area contributed by atoms with Gasteiger partial charge in [0.1, 0.15) is 11.4 Å². The van der Waals surface area contributed by atoms with Crippen molar-refractivity contribution < 1.29 is 33.7 Å². The molecule has 1 rings (SSSR count). The standard InChI is InChI=1S/C34H59N3O7/c1-10-11-17-36-31(39)26(23(4)5)21-28(38)27(33(41)44-34(6,7)8)20-25(22(2)3)30(35)37-32(40)24-15-12-13-16-29(24)43-19-14-18-42-9/h12-13,15-16,22-23,25-28,30,38H,10-11,14,17-21,35H2,1-9H3,(H,36,39)(H,37,40)/t25-,26-,27-,28-,30?/m0/s1. The molecule has 10 nitrogen and oxygen atoms in total. The Bertz CT molecular complexity index is 1010. The van der Waals surface area contributed by atoms with Gasteiger partial charge < -0.3 is 35.7 Å². The minimum absolute atomic E-state index is 0.0511. The number of nitrogens with two attached hydrogens (primary N) is 1. The molecule has 1 aromatic carbocycles. The van der Waals surface area contributed by atoms with Crippen molar-refractivity contribution >= 4 is 17.8 Å². The summed E-state index contributed by atoms with van der Waals surface area (Å²) in [5, 5.41) is 17.4. The molecule has 5 N–H and O–H groups in total. The number of para-hydroxylation sites is 1. The van der Waals surface area contributed by atoms with Gasteiger partial charge in [0.2, 0.25) is 5.91 Å². The van der Waals surface area contributed by atoms with Gasteiger partial charge in [-0.25, -0.2) is 0 Å². The Morgan fingerprint density at radius 2 is 1.61 bits per heavy atom. The van der Waals surface area contributed by atoms with Crippen LogP contribution in [0, 0.1) is 29.6 Å². The maximum Gasteiger partial charge on any atom is 0.312 e. The van der Waals surface area contributed by atoms with Crippen molar-refractivity contribution in [2.24, 2.45) is 35.3 Å². The van der Waals surface area contributed by atoms with E-state index in [2.05, 4.69) is 17.6 Å². The fraction of sp³-hybridized carbons (Fsp3) is 0.735. The van der Waals surface area contributed by atoms with Crippen LogP contribution < -0.4 is 21.1 Å². The summed E-state index contributed by atoms with van der Waals surface area (Å²) >= 11 is 0. The lowest BCUT2D eigenvalue weighted by atomic mass is 9.78. The van der Waals surface area contributed by atoms with Crippen LogP contribution in [0.3, 0.4) is 0 Å². The number of aliphatic hydroxyl groups is 1. The van der Waals surface area contributed by atoms with E-state index in [4.69, 9.17) is 19.9 Å². The molecule has 44 heavy (non-hydrogen) atoms. The maximum atomic E-state index is 13.5. The van der Waals surface area contributed by atoms with Gasteiger partial charge in [0.05, 0.1) is 30.4 Å². The number of hydrogen-bond donors (Lipinski definition) is 4. The van der Waals surface area contributed by atoms with Crippen molar-refractivity contribution in [3.05, 3.63) is 29.8 Å². The molecule has 0 aromatic heterocycles. The van der Waals surface area contributed by atoms with Crippen molar-refractivity contribution in [3.63, 3.8) is 0 Å². The summed E-state index contributed by atoms with van der Waals surface area (Å²) in [7, 11) is 1.62. The Hall–Kier alpha value is -2.69. The number of benzene rings is 1. The van der Waals surface area contributed by atoms with Crippen LogP contribution >= 0.6 is 0 Å². The molecule has 10 heteroatoms. The minimum atomic E-state index is -1.15.